The minimum atomic E-state index is 0.799. The molecule has 0 aliphatic carbocycles. The van der Waals surface area contributed by atoms with Crippen molar-refractivity contribution in [2.24, 2.45) is 0 Å². The smallest absolute Gasteiger partial charge is 0.138 e. The Kier molecular flexibility index (Phi) is 3.84. The number of aromatic nitrogens is 3. The number of pyridine rings is 1. The highest BCUT2D eigenvalue weighted by Crippen LogP contribution is 2.21. The van der Waals surface area contributed by atoms with Gasteiger partial charge in [0.25, 0.3) is 0 Å². The molecule has 0 aliphatic rings. The molecule has 0 unspecified atom stereocenters. The topological polar surface area (TPSA) is 42.7 Å². The third-order valence-electron chi connectivity index (χ3n) is 2.94. The van der Waals surface area contributed by atoms with Gasteiger partial charge in [0.05, 0.1) is 15.7 Å². The van der Waals surface area contributed by atoms with Crippen molar-refractivity contribution in [1.82, 2.24) is 14.5 Å². The number of anilines is 1. The van der Waals surface area contributed by atoms with E-state index in [2.05, 4.69) is 42.7 Å². The molecule has 0 radical (unpaired) electrons. The predicted molar refractivity (Wildman–Crippen MR) is 85.4 cm³/mol. The van der Waals surface area contributed by atoms with E-state index in [1.807, 2.05) is 36.0 Å². The van der Waals surface area contributed by atoms with Crippen LogP contribution in [0.2, 0.25) is 0 Å². The molecule has 0 fully saturated rings. The molecule has 0 amide bonds. The highest BCUT2D eigenvalue weighted by Gasteiger charge is 2.02. The molecule has 0 saturated heterocycles. The first-order chi connectivity index (χ1) is 9.72. The number of hydrogen-bond donors (Lipinski definition) is 1. The van der Waals surface area contributed by atoms with Gasteiger partial charge in [0.2, 0.25) is 0 Å². The predicted octanol–water partition coefficient (Wildman–Crippen LogP) is 4.01. The van der Waals surface area contributed by atoms with Gasteiger partial charge in [-0.2, -0.15) is 0 Å². The maximum Gasteiger partial charge on any atom is 0.138 e. The molecule has 0 atom stereocenters. The highest BCUT2D eigenvalue weighted by atomic mass is 79.9. The van der Waals surface area contributed by atoms with Gasteiger partial charge < -0.3 is 5.32 Å². The summed E-state index contributed by atoms with van der Waals surface area (Å²) in [5.41, 5.74) is 2.27. The fraction of sp³-hybridized carbons (Fsp3) is 0.143. The monoisotopic (exact) mass is 348 g/mol. The SMILES string of the molecule is Cc1nccn1-c1ccc(NCc2csc(Br)c2)cn1. The summed E-state index contributed by atoms with van der Waals surface area (Å²) >= 11 is 5.16. The van der Waals surface area contributed by atoms with Gasteiger partial charge in [-0.25, -0.2) is 9.97 Å². The first kappa shape index (κ1) is 13.3. The molecule has 6 heteroatoms. The quantitative estimate of drug-likeness (QED) is 0.774. The summed E-state index contributed by atoms with van der Waals surface area (Å²) in [6.45, 7) is 2.76. The number of nitrogens with one attached hydrogen (secondary N) is 1. The molecule has 0 spiro atoms. The van der Waals surface area contributed by atoms with Gasteiger partial charge in [-0.1, -0.05) is 0 Å². The molecular weight excluding hydrogens is 336 g/mol. The van der Waals surface area contributed by atoms with Crippen LogP contribution in [0.1, 0.15) is 11.4 Å². The molecule has 20 heavy (non-hydrogen) atoms. The largest absolute Gasteiger partial charge is 0.380 e. The lowest BCUT2D eigenvalue weighted by molar-refractivity contribution is 0.932. The molecule has 3 aromatic heterocycles. The zero-order valence-electron chi connectivity index (χ0n) is 10.9. The molecule has 3 heterocycles. The van der Waals surface area contributed by atoms with E-state index in [0.717, 1.165) is 27.7 Å². The Bertz CT molecular complexity index is 702. The van der Waals surface area contributed by atoms with Crippen molar-refractivity contribution < 1.29 is 0 Å². The van der Waals surface area contributed by atoms with Crippen molar-refractivity contribution in [3.05, 3.63) is 57.3 Å². The van der Waals surface area contributed by atoms with Crippen molar-refractivity contribution in [2.75, 3.05) is 5.32 Å². The molecular formula is C14H13BrN4S. The summed E-state index contributed by atoms with van der Waals surface area (Å²) in [6, 6.07) is 6.14. The van der Waals surface area contributed by atoms with E-state index in [-0.39, 0.29) is 0 Å². The molecule has 0 bridgehead atoms. The zero-order valence-corrected chi connectivity index (χ0v) is 13.3. The van der Waals surface area contributed by atoms with Crippen molar-refractivity contribution >= 4 is 33.0 Å². The number of nitrogens with zero attached hydrogens (tertiary/aromatic N) is 3. The van der Waals surface area contributed by atoms with Crippen molar-refractivity contribution in [2.45, 2.75) is 13.5 Å². The van der Waals surface area contributed by atoms with E-state index in [1.54, 1.807) is 17.5 Å². The van der Waals surface area contributed by atoms with Crippen LogP contribution in [0.25, 0.3) is 5.82 Å². The van der Waals surface area contributed by atoms with Gasteiger partial charge in [-0.05, 0) is 52.0 Å². The summed E-state index contributed by atoms with van der Waals surface area (Å²) in [7, 11) is 0. The maximum absolute atomic E-state index is 4.45. The third kappa shape index (κ3) is 2.91. The summed E-state index contributed by atoms with van der Waals surface area (Å²) in [5.74, 6) is 1.81. The summed E-state index contributed by atoms with van der Waals surface area (Å²) in [4.78, 5) is 8.65. The van der Waals surface area contributed by atoms with Crippen molar-refractivity contribution in [3.63, 3.8) is 0 Å². The van der Waals surface area contributed by atoms with Gasteiger partial charge in [-0.15, -0.1) is 11.3 Å². The van der Waals surface area contributed by atoms with Gasteiger partial charge in [-0.3, -0.25) is 4.57 Å². The number of aryl methyl sites for hydroxylation is 1. The van der Waals surface area contributed by atoms with Crippen LogP contribution in [0, 0.1) is 6.92 Å². The van der Waals surface area contributed by atoms with E-state index in [9.17, 15) is 0 Å². The number of imidazole rings is 1. The van der Waals surface area contributed by atoms with Gasteiger partial charge >= 0.3 is 0 Å². The van der Waals surface area contributed by atoms with Gasteiger partial charge in [0.1, 0.15) is 11.6 Å². The first-order valence-electron chi connectivity index (χ1n) is 6.15. The fourth-order valence-electron chi connectivity index (χ4n) is 1.90. The number of halogens is 1. The summed E-state index contributed by atoms with van der Waals surface area (Å²) in [6.07, 6.45) is 5.53. The molecule has 102 valence electrons. The minimum absolute atomic E-state index is 0.799. The third-order valence-corrected chi connectivity index (χ3v) is 4.49. The molecule has 3 aromatic rings. The Balaban J connectivity index is 1.69. The fourth-order valence-corrected chi connectivity index (χ4v) is 3.10. The lowest BCUT2D eigenvalue weighted by Gasteiger charge is -2.07. The number of thiophene rings is 1. The van der Waals surface area contributed by atoms with Gasteiger partial charge in [0, 0.05) is 18.9 Å². The summed E-state index contributed by atoms with van der Waals surface area (Å²) < 4.78 is 3.11. The number of rotatable bonds is 4. The van der Waals surface area contributed by atoms with E-state index < -0.39 is 0 Å². The Morgan fingerprint density at radius 2 is 2.25 bits per heavy atom. The Hall–Kier alpha value is -1.66. The minimum Gasteiger partial charge on any atom is -0.380 e. The zero-order chi connectivity index (χ0) is 13.9. The molecule has 1 N–H and O–H groups in total. The lowest BCUT2D eigenvalue weighted by Crippen LogP contribution is -2.01. The van der Waals surface area contributed by atoms with Crippen molar-refractivity contribution in [3.8, 4) is 5.82 Å². The normalized spacial score (nSPS) is 10.7. The number of hydrogen-bond acceptors (Lipinski definition) is 4. The standard InChI is InChI=1S/C14H13BrN4S/c1-10-16-4-5-19(10)14-3-2-12(8-18-14)17-7-11-6-13(15)20-9-11/h2-6,8-9,17H,7H2,1H3. The average Bonchev–Trinajstić information content (AvgIpc) is 3.06. The Morgan fingerprint density at radius 1 is 1.35 bits per heavy atom. The van der Waals surface area contributed by atoms with Crippen LogP contribution in [-0.2, 0) is 6.54 Å². The molecule has 3 rings (SSSR count). The van der Waals surface area contributed by atoms with Crippen LogP contribution in [0.15, 0.2) is 46.0 Å². The lowest BCUT2D eigenvalue weighted by atomic mass is 10.3. The summed E-state index contributed by atoms with van der Waals surface area (Å²) in [5, 5.41) is 5.49. The van der Waals surface area contributed by atoms with Gasteiger partial charge in [0.15, 0.2) is 0 Å². The second-order valence-corrected chi connectivity index (χ2v) is 6.65. The van der Waals surface area contributed by atoms with E-state index in [1.165, 1.54) is 5.56 Å². The second-order valence-electron chi connectivity index (χ2n) is 4.36. The van der Waals surface area contributed by atoms with E-state index >= 15 is 0 Å². The second kappa shape index (κ2) is 5.76. The molecule has 0 aliphatic heterocycles. The Labute approximate surface area is 129 Å². The average molecular weight is 349 g/mol. The van der Waals surface area contributed by atoms with Crippen LogP contribution in [0.5, 0.6) is 0 Å². The van der Waals surface area contributed by atoms with Crippen molar-refractivity contribution in [1.29, 1.82) is 0 Å². The van der Waals surface area contributed by atoms with Crippen LogP contribution in [0.4, 0.5) is 5.69 Å². The van der Waals surface area contributed by atoms with Crippen LogP contribution in [-0.4, -0.2) is 14.5 Å². The van der Waals surface area contributed by atoms with E-state index in [4.69, 9.17) is 0 Å². The maximum atomic E-state index is 4.45. The highest BCUT2D eigenvalue weighted by molar-refractivity contribution is 9.11. The first-order valence-corrected chi connectivity index (χ1v) is 7.83. The van der Waals surface area contributed by atoms with Crippen LogP contribution < -0.4 is 5.32 Å². The van der Waals surface area contributed by atoms with Crippen LogP contribution >= 0.6 is 27.3 Å². The molecule has 0 saturated carbocycles. The molecule has 4 nitrogen and oxygen atoms in total. The van der Waals surface area contributed by atoms with Crippen LogP contribution in [0.3, 0.4) is 0 Å². The van der Waals surface area contributed by atoms with E-state index in [0.29, 0.717) is 0 Å². The molecule has 0 aromatic carbocycles. The Morgan fingerprint density at radius 3 is 2.85 bits per heavy atom.